The van der Waals surface area contributed by atoms with Gasteiger partial charge in [0.1, 0.15) is 0 Å². The molecule has 0 aliphatic rings. The number of hydrogen-bond acceptors (Lipinski definition) is 2. The summed E-state index contributed by atoms with van der Waals surface area (Å²) >= 11 is 0. The molecule has 1 rings (SSSR count). The van der Waals surface area contributed by atoms with Gasteiger partial charge in [0, 0.05) is 40.1 Å². The van der Waals surface area contributed by atoms with E-state index in [2.05, 4.69) is 4.98 Å². The number of pyridine rings is 1. The van der Waals surface area contributed by atoms with Crippen LogP contribution in [0.1, 0.15) is 19.5 Å². The number of hydrogen-bond donors (Lipinski definition) is 0. The summed E-state index contributed by atoms with van der Waals surface area (Å²) in [6.45, 7) is 3.96. The zero-order valence-corrected chi connectivity index (χ0v) is 8.88. The smallest absolute Gasteiger partial charge is 0.0412 e. The van der Waals surface area contributed by atoms with Crippen molar-refractivity contribution >= 4 is 10.8 Å². The number of aromatic nitrogens is 1. The minimum absolute atomic E-state index is 0.253. The van der Waals surface area contributed by atoms with Gasteiger partial charge in [-0.15, -0.1) is 0 Å². The van der Waals surface area contributed by atoms with Crippen LogP contribution in [0.4, 0.5) is 0 Å². The highest BCUT2D eigenvalue weighted by Gasteiger charge is 2.04. The third kappa shape index (κ3) is 3.68. The fourth-order valence-electron chi connectivity index (χ4n) is 0.987. The van der Waals surface area contributed by atoms with Crippen molar-refractivity contribution in [1.29, 1.82) is 0 Å². The van der Waals surface area contributed by atoms with Crippen molar-refractivity contribution in [2.75, 3.05) is 5.75 Å². The van der Waals surface area contributed by atoms with Gasteiger partial charge in [-0.1, -0.05) is 19.9 Å². The summed E-state index contributed by atoms with van der Waals surface area (Å²) in [6.07, 6.45) is 2.58. The Hall–Kier alpha value is -0.700. The van der Waals surface area contributed by atoms with E-state index < -0.39 is 10.8 Å². The molecule has 0 radical (unpaired) electrons. The molecule has 0 saturated carbocycles. The van der Waals surface area contributed by atoms with E-state index in [9.17, 15) is 4.21 Å². The molecule has 72 valence electrons. The Kier molecular flexibility index (Phi) is 4.09. The Balaban J connectivity index is 2.40. The summed E-state index contributed by atoms with van der Waals surface area (Å²) in [5.74, 6) is 0.717. The SMILES string of the molecule is CC(C)S(=O)CCc1ccccn1. The molecule has 0 fully saturated rings. The second-order valence-corrected chi connectivity index (χ2v) is 5.32. The molecule has 3 heteroatoms. The van der Waals surface area contributed by atoms with Crippen LogP contribution >= 0.6 is 0 Å². The highest BCUT2D eigenvalue weighted by Crippen LogP contribution is 2.00. The normalized spacial score (nSPS) is 13.2. The van der Waals surface area contributed by atoms with Gasteiger partial charge in [-0.2, -0.15) is 0 Å². The van der Waals surface area contributed by atoms with Crippen LogP contribution in [0.5, 0.6) is 0 Å². The molecule has 1 unspecified atom stereocenters. The molecule has 0 aliphatic carbocycles. The highest BCUT2D eigenvalue weighted by atomic mass is 32.2. The van der Waals surface area contributed by atoms with Crippen molar-refractivity contribution in [3.8, 4) is 0 Å². The molecule has 0 bridgehead atoms. The van der Waals surface area contributed by atoms with E-state index in [1.54, 1.807) is 6.20 Å². The minimum atomic E-state index is -0.712. The molecular formula is C10H15NOS. The van der Waals surface area contributed by atoms with Crippen LogP contribution < -0.4 is 0 Å². The van der Waals surface area contributed by atoms with Gasteiger partial charge in [-0.3, -0.25) is 9.19 Å². The fraction of sp³-hybridized carbons (Fsp3) is 0.500. The quantitative estimate of drug-likeness (QED) is 0.736. The van der Waals surface area contributed by atoms with Crippen molar-refractivity contribution in [2.45, 2.75) is 25.5 Å². The van der Waals surface area contributed by atoms with Gasteiger partial charge < -0.3 is 0 Å². The molecule has 1 aromatic heterocycles. The zero-order chi connectivity index (χ0) is 9.68. The van der Waals surface area contributed by atoms with Crippen molar-refractivity contribution in [3.05, 3.63) is 30.1 Å². The predicted molar refractivity (Wildman–Crippen MR) is 56.1 cm³/mol. The van der Waals surface area contributed by atoms with E-state index in [0.29, 0.717) is 5.75 Å². The summed E-state index contributed by atoms with van der Waals surface area (Å²) in [5.41, 5.74) is 1.02. The second kappa shape index (κ2) is 5.12. The predicted octanol–water partition coefficient (Wildman–Crippen LogP) is 1.78. The maximum Gasteiger partial charge on any atom is 0.0412 e. The second-order valence-electron chi connectivity index (χ2n) is 3.20. The van der Waals surface area contributed by atoms with Crippen LogP contribution in [0.2, 0.25) is 0 Å². The fourth-order valence-corrected chi connectivity index (χ4v) is 1.87. The van der Waals surface area contributed by atoms with Crippen molar-refractivity contribution in [2.24, 2.45) is 0 Å². The summed E-state index contributed by atoms with van der Waals surface area (Å²) < 4.78 is 11.4. The summed E-state index contributed by atoms with van der Waals surface area (Å²) in [7, 11) is -0.712. The van der Waals surface area contributed by atoms with Crippen LogP contribution in [0.3, 0.4) is 0 Å². The minimum Gasteiger partial charge on any atom is -0.261 e. The first-order valence-electron chi connectivity index (χ1n) is 4.47. The zero-order valence-electron chi connectivity index (χ0n) is 8.06. The molecule has 0 spiro atoms. The summed E-state index contributed by atoms with van der Waals surface area (Å²) in [6, 6.07) is 5.82. The highest BCUT2D eigenvalue weighted by molar-refractivity contribution is 7.85. The first kappa shape index (κ1) is 10.4. The Morgan fingerprint density at radius 2 is 2.23 bits per heavy atom. The maximum absolute atomic E-state index is 11.4. The third-order valence-electron chi connectivity index (χ3n) is 1.81. The van der Waals surface area contributed by atoms with E-state index >= 15 is 0 Å². The van der Waals surface area contributed by atoms with E-state index in [4.69, 9.17) is 0 Å². The number of rotatable bonds is 4. The van der Waals surface area contributed by atoms with Gasteiger partial charge in [-0.05, 0) is 12.1 Å². The lowest BCUT2D eigenvalue weighted by Crippen LogP contribution is -2.11. The Bertz CT molecular complexity index is 272. The van der Waals surface area contributed by atoms with E-state index in [1.165, 1.54) is 0 Å². The largest absolute Gasteiger partial charge is 0.261 e. The van der Waals surface area contributed by atoms with Crippen LogP contribution in [0.25, 0.3) is 0 Å². The lowest BCUT2D eigenvalue weighted by molar-refractivity contribution is 0.675. The lowest BCUT2D eigenvalue weighted by atomic mass is 10.3. The molecule has 13 heavy (non-hydrogen) atoms. The maximum atomic E-state index is 11.4. The summed E-state index contributed by atoms with van der Waals surface area (Å²) in [4.78, 5) is 4.18. The standard InChI is InChI=1S/C10H15NOS/c1-9(2)13(12)8-6-10-5-3-4-7-11-10/h3-5,7,9H,6,8H2,1-2H3. The number of nitrogens with zero attached hydrogens (tertiary/aromatic N) is 1. The monoisotopic (exact) mass is 197 g/mol. The Morgan fingerprint density at radius 1 is 1.46 bits per heavy atom. The molecule has 2 nitrogen and oxygen atoms in total. The molecule has 1 aromatic rings. The van der Waals surface area contributed by atoms with Gasteiger partial charge in [0.15, 0.2) is 0 Å². The average Bonchev–Trinajstić information content (AvgIpc) is 2.15. The molecule has 1 atom stereocenters. The molecular weight excluding hydrogens is 182 g/mol. The first-order valence-corrected chi connectivity index (χ1v) is 5.85. The van der Waals surface area contributed by atoms with Crippen molar-refractivity contribution in [1.82, 2.24) is 4.98 Å². The van der Waals surface area contributed by atoms with E-state index in [0.717, 1.165) is 12.1 Å². The Labute approximate surface area is 81.9 Å². The van der Waals surface area contributed by atoms with Gasteiger partial charge >= 0.3 is 0 Å². The molecule has 0 amide bonds. The van der Waals surface area contributed by atoms with Crippen LogP contribution in [-0.2, 0) is 17.2 Å². The third-order valence-corrected chi connectivity index (χ3v) is 3.47. The molecule has 0 N–H and O–H groups in total. The van der Waals surface area contributed by atoms with E-state index in [1.807, 2.05) is 32.0 Å². The number of aryl methyl sites for hydroxylation is 1. The summed E-state index contributed by atoms with van der Waals surface area (Å²) in [5, 5.41) is 0.253. The van der Waals surface area contributed by atoms with Crippen molar-refractivity contribution in [3.63, 3.8) is 0 Å². The molecule has 0 aliphatic heterocycles. The van der Waals surface area contributed by atoms with Crippen LogP contribution in [-0.4, -0.2) is 20.2 Å². The molecule has 0 aromatic carbocycles. The van der Waals surface area contributed by atoms with Crippen LogP contribution in [0, 0.1) is 0 Å². The van der Waals surface area contributed by atoms with Crippen molar-refractivity contribution < 1.29 is 4.21 Å². The van der Waals surface area contributed by atoms with Crippen LogP contribution in [0.15, 0.2) is 24.4 Å². The Morgan fingerprint density at radius 3 is 2.77 bits per heavy atom. The van der Waals surface area contributed by atoms with Gasteiger partial charge in [0.2, 0.25) is 0 Å². The lowest BCUT2D eigenvalue weighted by Gasteiger charge is -2.04. The van der Waals surface area contributed by atoms with Gasteiger partial charge in [-0.25, -0.2) is 0 Å². The van der Waals surface area contributed by atoms with E-state index in [-0.39, 0.29) is 5.25 Å². The molecule has 1 heterocycles. The molecule has 0 saturated heterocycles. The average molecular weight is 197 g/mol. The van der Waals surface area contributed by atoms with Gasteiger partial charge in [0.25, 0.3) is 0 Å². The first-order chi connectivity index (χ1) is 6.20. The van der Waals surface area contributed by atoms with Gasteiger partial charge in [0.05, 0.1) is 0 Å². The topological polar surface area (TPSA) is 30.0 Å².